The van der Waals surface area contributed by atoms with Crippen molar-refractivity contribution in [3.05, 3.63) is 35.9 Å². The van der Waals surface area contributed by atoms with Crippen molar-refractivity contribution in [1.29, 1.82) is 0 Å². The minimum atomic E-state index is -0.753. The number of thioether (sulfide) groups is 1. The first kappa shape index (κ1) is 17.8. The van der Waals surface area contributed by atoms with Crippen molar-refractivity contribution < 1.29 is 19.5 Å². The number of carbonyl (C=O) groups excluding carboxylic acids is 2. The second-order valence-electron chi connectivity index (χ2n) is 6.55. The summed E-state index contributed by atoms with van der Waals surface area (Å²) in [5.41, 5.74) is 0.588. The van der Waals surface area contributed by atoms with Crippen LogP contribution in [0.2, 0.25) is 0 Å². The minimum Gasteiger partial charge on any atom is -0.481 e. The fourth-order valence-corrected chi connectivity index (χ4v) is 4.54. The van der Waals surface area contributed by atoms with E-state index in [2.05, 4.69) is 5.32 Å². The molecule has 1 saturated carbocycles. The highest BCUT2D eigenvalue weighted by Gasteiger charge is 2.36. The van der Waals surface area contributed by atoms with Crippen molar-refractivity contribution in [2.24, 2.45) is 5.92 Å². The summed E-state index contributed by atoms with van der Waals surface area (Å²) < 4.78 is 0. The van der Waals surface area contributed by atoms with Crippen molar-refractivity contribution in [1.82, 2.24) is 10.2 Å². The molecule has 6 nitrogen and oxygen atoms in total. The molecule has 0 aromatic heterocycles. The molecule has 2 fully saturated rings. The van der Waals surface area contributed by atoms with Crippen LogP contribution in [0.3, 0.4) is 0 Å². The van der Waals surface area contributed by atoms with Gasteiger partial charge in [-0.05, 0) is 37.8 Å². The quantitative estimate of drug-likeness (QED) is 0.855. The van der Waals surface area contributed by atoms with Gasteiger partial charge < -0.3 is 15.3 Å². The van der Waals surface area contributed by atoms with Gasteiger partial charge in [-0.2, -0.15) is 0 Å². The third-order valence-electron chi connectivity index (χ3n) is 4.89. The number of amides is 2. The Kier molecular flexibility index (Phi) is 5.63. The number of benzene rings is 1. The first-order valence-corrected chi connectivity index (χ1v) is 9.68. The zero-order valence-electron chi connectivity index (χ0n) is 13.9. The van der Waals surface area contributed by atoms with Crippen LogP contribution < -0.4 is 5.32 Å². The smallest absolute Gasteiger partial charge is 0.306 e. The lowest BCUT2D eigenvalue weighted by Gasteiger charge is -2.29. The molecule has 0 spiro atoms. The molecule has 1 aromatic carbocycles. The van der Waals surface area contributed by atoms with Gasteiger partial charge in [-0.15, -0.1) is 11.8 Å². The van der Waals surface area contributed by atoms with Gasteiger partial charge in [-0.1, -0.05) is 18.2 Å². The van der Waals surface area contributed by atoms with Crippen molar-refractivity contribution >= 4 is 29.5 Å². The van der Waals surface area contributed by atoms with Crippen LogP contribution in [0.5, 0.6) is 0 Å². The molecule has 1 saturated heterocycles. The van der Waals surface area contributed by atoms with Crippen LogP contribution in [0, 0.1) is 5.92 Å². The predicted molar refractivity (Wildman–Crippen MR) is 95.2 cm³/mol. The third-order valence-corrected chi connectivity index (χ3v) is 5.90. The number of aliphatic carboxylic acids is 1. The van der Waals surface area contributed by atoms with E-state index >= 15 is 0 Å². The highest BCUT2D eigenvalue weighted by atomic mass is 32.2. The maximum Gasteiger partial charge on any atom is 0.306 e. The summed E-state index contributed by atoms with van der Waals surface area (Å²) in [5, 5.41) is 12.1. The molecule has 1 unspecified atom stereocenters. The molecule has 0 bridgehead atoms. The summed E-state index contributed by atoms with van der Waals surface area (Å²) in [7, 11) is 0. The summed E-state index contributed by atoms with van der Waals surface area (Å²) in [6, 6.07) is 8.53. The zero-order chi connectivity index (χ0) is 17.8. The number of carboxylic acids is 1. The van der Waals surface area contributed by atoms with Crippen molar-refractivity contribution in [3.63, 3.8) is 0 Å². The fourth-order valence-electron chi connectivity index (χ4n) is 3.39. The zero-order valence-corrected chi connectivity index (χ0v) is 14.7. The van der Waals surface area contributed by atoms with E-state index in [9.17, 15) is 14.4 Å². The molecular weight excluding hydrogens is 340 g/mol. The van der Waals surface area contributed by atoms with E-state index in [1.807, 2.05) is 18.2 Å². The van der Waals surface area contributed by atoms with Crippen LogP contribution in [0.25, 0.3) is 0 Å². The molecule has 1 aliphatic carbocycles. The molecule has 2 N–H and O–H groups in total. The molecule has 0 radical (unpaired) electrons. The van der Waals surface area contributed by atoms with Crippen molar-refractivity contribution in [3.8, 4) is 0 Å². The Balaban J connectivity index is 1.58. The SMILES string of the molecule is O=C(O)C1CCC(NC(=O)C2CSCN2C(=O)c2ccccc2)CC1. The average molecular weight is 362 g/mol. The molecule has 2 aliphatic rings. The molecule has 1 atom stereocenters. The standard InChI is InChI=1S/C18H22N2O4S/c21-16(19-14-8-6-13(7-9-14)18(23)24)15-10-25-11-20(15)17(22)12-4-2-1-3-5-12/h1-5,13-15H,6-11H2,(H,19,21)(H,23,24). The maximum atomic E-state index is 12.6. The van der Waals surface area contributed by atoms with Crippen molar-refractivity contribution in [2.75, 3.05) is 11.6 Å². The van der Waals surface area contributed by atoms with Gasteiger partial charge in [0.05, 0.1) is 11.8 Å². The maximum absolute atomic E-state index is 12.6. The van der Waals surface area contributed by atoms with E-state index in [1.54, 1.807) is 28.8 Å². The molecule has 134 valence electrons. The number of hydrogen-bond donors (Lipinski definition) is 2. The summed E-state index contributed by atoms with van der Waals surface area (Å²) >= 11 is 1.57. The van der Waals surface area contributed by atoms with Crippen LogP contribution in [-0.2, 0) is 9.59 Å². The molecule has 3 rings (SSSR count). The Labute approximate surface area is 151 Å². The van der Waals surface area contributed by atoms with Gasteiger partial charge in [0.25, 0.3) is 5.91 Å². The van der Waals surface area contributed by atoms with Gasteiger partial charge in [-0.3, -0.25) is 14.4 Å². The van der Waals surface area contributed by atoms with Crippen LogP contribution in [0.15, 0.2) is 30.3 Å². The van der Waals surface area contributed by atoms with E-state index in [1.165, 1.54) is 0 Å². The van der Waals surface area contributed by atoms with E-state index in [4.69, 9.17) is 5.11 Å². The highest BCUT2D eigenvalue weighted by Crippen LogP contribution is 2.26. The number of hydrogen-bond acceptors (Lipinski definition) is 4. The number of nitrogens with zero attached hydrogens (tertiary/aromatic N) is 1. The molecular formula is C18H22N2O4S. The molecule has 2 amide bonds. The number of nitrogens with one attached hydrogen (secondary N) is 1. The van der Waals surface area contributed by atoms with Gasteiger partial charge in [-0.25, -0.2) is 0 Å². The Morgan fingerprint density at radius 2 is 1.76 bits per heavy atom. The molecule has 1 aliphatic heterocycles. The van der Waals surface area contributed by atoms with Crippen LogP contribution in [0.1, 0.15) is 36.0 Å². The van der Waals surface area contributed by atoms with E-state index < -0.39 is 12.0 Å². The second-order valence-corrected chi connectivity index (χ2v) is 7.55. The molecule has 1 heterocycles. The Morgan fingerprint density at radius 1 is 1.08 bits per heavy atom. The van der Waals surface area contributed by atoms with Gasteiger partial charge in [0.15, 0.2) is 0 Å². The normalized spacial score (nSPS) is 26.2. The minimum absolute atomic E-state index is 0.00220. The Morgan fingerprint density at radius 3 is 2.40 bits per heavy atom. The number of carbonyl (C=O) groups is 3. The molecule has 7 heteroatoms. The highest BCUT2D eigenvalue weighted by molar-refractivity contribution is 7.99. The second kappa shape index (κ2) is 7.91. The Hall–Kier alpha value is -2.02. The Bertz CT molecular complexity index is 644. The van der Waals surface area contributed by atoms with Crippen LogP contribution >= 0.6 is 11.8 Å². The van der Waals surface area contributed by atoms with Crippen LogP contribution in [0.4, 0.5) is 0 Å². The lowest BCUT2D eigenvalue weighted by Crippen LogP contribution is -2.50. The summed E-state index contributed by atoms with van der Waals surface area (Å²) in [5.74, 6) is -0.205. The van der Waals surface area contributed by atoms with E-state index in [0.29, 0.717) is 42.9 Å². The number of carboxylic acid groups (broad SMARTS) is 1. The third kappa shape index (κ3) is 4.15. The van der Waals surface area contributed by atoms with Gasteiger partial charge in [0.1, 0.15) is 6.04 Å². The van der Waals surface area contributed by atoms with Gasteiger partial charge in [0.2, 0.25) is 5.91 Å². The molecule has 1 aromatic rings. The summed E-state index contributed by atoms with van der Waals surface area (Å²) in [6.07, 6.45) is 2.53. The largest absolute Gasteiger partial charge is 0.481 e. The monoisotopic (exact) mass is 362 g/mol. The average Bonchev–Trinajstić information content (AvgIpc) is 3.12. The van der Waals surface area contributed by atoms with Gasteiger partial charge >= 0.3 is 5.97 Å². The van der Waals surface area contributed by atoms with Crippen LogP contribution in [-0.4, -0.2) is 51.5 Å². The fraction of sp³-hybridized carbons (Fsp3) is 0.500. The first-order valence-electron chi connectivity index (χ1n) is 8.53. The first-order chi connectivity index (χ1) is 12.1. The van der Waals surface area contributed by atoms with Crippen molar-refractivity contribution in [2.45, 2.75) is 37.8 Å². The molecule has 25 heavy (non-hydrogen) atoms. The van der Waals surface area contributed by atoms with Gasteiger partial charge in [0, 0.05) is 17.4 Å². The predicted octanol–water partition coefficient (Wildman–Crippen LogP) is 1.96. The van der Waals surface area contributed by atoms with E-state index in [-0.39, 0.29) is 23.8 Å². The topological polar surface area (TPSA) is 86.7 Å². The lowest BCUT2D eigenvalue weighted by molar-refractivity contribution is -0.142. The van der Waals surface area contributed by atoms with E-state index in [0.717, 1.165) is 0 Å². The lowest BCUT2D eigenvalue weighted by atomic mass is 9.86. The summed E-state index contributed by atoms with van der Waals surface area (Å²) in [6.45, 7) is 0. The summed E-state index contributed by atoms with van der Waals surface area (Å²) in [4.78, 5) is 37.9. The number of rotatable bonds is 4.